The molecule has 72 heavy (non-hydrogen) atoms. The first-order valence-corrected chi connectivity index (χ1v) is 25.5. The highest BCUT2D eigenvalue weighted by Crippen LogP contribution is 2.64. The number of benzene rings is 12. The van der Waals surface area contributed by atoms with E-state index in [1.54, 1.807) is 0 Å². The predicted molar refractivity (Wildman–Crippen MR) is 303 cm³/mol. The van der Waals surface area contributed by atoms with Crippen molar-refractivity contribution >= 4 is 70.1 Å². The van der Waals surface area contributed by atoms with Crippen LogP contribution in [0.1, 0.15) is 22.3 Å². The lowest BCUT2D eigenvalue weighted by atomic mass is 9.65. The SMILES string of the molecule is c1ccc(-c2ccc(N(c3ccc(-c4ccc5c(c4)C4(c6ccccc6-5)c5ccc6ccccc6c5Oc5c4ccc4ccccc54)cc3)c3ccc(-c4ccc5c(c4)sc4ccccc45)cc3)cc2)cc1. The molecule has 15 rings (SSSR count). The molecule has 0 amide bonds. The number of fused-ring (bicyclic) bond motifs is 16. The van der Waals surface area contributed by atoms with E-state index in [9.17, 15) is 0 Å². The fourth-order valence-electron chi connectivity index (χ4n) is 12.0. The third-order valence-corrected chi connectivity index (χ3v) is 16.5. The van der Waals surface area contributed by atoms with Gasteiger partial charge in [0, 0.05) is 59.1 Å². The zero-order valence-electron chi connectivity index (χ0n) is 39.1. The molecule has 3 heteroatoms. The molecule has 1 spiro atoms. The van der Waals surface area contributed by atoms with Gasteiger partial charge in [-0.25, -0.2) is 0 Å². The molecule has 12 aromatic carbocycles. The third-order valence-electron chi connectivity index (χ3n) is 15.3. The summed E-state index contributed by atoms with van der Waals surface area (Å²) in [6.07, 6.45) is 0. The van der Waals surface area contributed by atoms with Crippen molar-refractivity contribution in [3.05, 3.63) is 283 Å². The van der Waals surface area contributed by atoms with Gasteiger partial charge in [0.1, 0.15) is 11.5 Å². The number of anilines is 3. The van der Waals surface area contributed by atoms with E-state index in [0.717, 1.165) is 55.7 Å². The second-order valence-electron chi connectivity index (χ2n) is 19.1. The lowest BCUT2D eigenvalue weighted by Crippen LogP contribution is -2.32. The molecular weight excluding hydrogens is 891 g/mol. The normalized spacial score (nSPS) is 12.9. The highest BCUT2D eigenvalue weighted by atomic mass is 32.1. The Balaban J connectivity index is 0.854. The molecule has 1 aromatic heterocycles. The van der Waals surface area contributed by atoms with Gasteiger partial charge in [-0.2, -0.15) is 0 Å². The second kappa shape index (κ2) is 16.0. The molecule has 1 aliphatic carbocycles. The molecular formula is C69H43NOS. The van der Waals surface area contributed by atoms with Crippen LogP contribution >= 0.6 is 11.3 Å². The van der Waals surface area contributed by atoms with Crippen LogP contribution in [0.15, 0.2) is 261 Å². The van der Waals surface area contributed by atoms with Gasteiger partial charge in [-0.05, 0) is 121 Å². The van der Waals surface area contributed by atoms with Crippen molar-refractivity contribution in [2.45, 2.75) is 5.41 Å². The van der Waals surface area contributed by atoms with Gasteiger partial charge in [-0.1, -0.05) is 206 Å². The largest absolute Gasteiger partial charge is 0.455 e. The summed E-state index contributed by atoms with van der Waals surface area (Å²) in [4.78, 5) is 2.37. The lowest BCUT2D eigenvalue weighted by molar-refractivity contribution is 0.447. The van der Waals surface area contributed by atoms with Crippen molar-refractivity contribution in [2.75, 3.05) is 4.90 Å². The molecule has 0 saturated carbocycles. The summed E-state index contributed by atoms with van der Waals surface area (Å²) in [5, 5.41) is 7.20. The third kappa shape index (κ3) is 6.14. The molecule has 2 aliphatic rings. The van der Waals surface area contributed by atoms with Crippen molar-refractivity contribution < 1.29 is 4.74 Å². The van der Waals surface area contributed by atoms with Crippen LogP contribution < -0.4 is 9.64 Å². The van der Waals surface area contributed by atoms with Crippen LogP contribution in [0.5, 0.6) is 11.5 Å². The molecule has 0 atom stereocenters. The average molecular weight is 934 g/mol. The minimum Gasteiger partial charge on any atom is -0.455 e. The fraction of sp³-hybridized carbons (Fsp3) is 0.0145. The Kier molecular flexibility index (Phi) is 9.08. The Bertz CT molecular complexity index is 4200. The average Bonchev–Trinajstić information content (AvgIpc) is 3.97. The highest BCUT2D eigenvalue weighted by molar-refractivity contribution is 7.25. The van der Waals surface area contributed by atoms with Crippen molar-refractivity contribution in [2.24, 2.45) is 0 Å². The quantitative estimate of drug-likeness (QED) is 0.165. The molecule has 0 fully saturated rings. The van der Waals surface area contributed by atoms with E-state index < -0.39 is 5.41 Å². The molecule has 13 aromatic rings. The number of rotatable bonds is 6. The van der Waals surface area contributed by atoms with Crippen LogP contribution in [-0.4, -0.2) is 0 Å². The van der Waals surface area contributed by atoms with E-state index in [1.807, 2.05) is 11.3 Å². The Hall–Kier alpha value is -9.02. The summed E-state index contributed by atoms with van der Waals surface area (Å²) < 4.78 is 9.86. The van der Waals surface area contributed by atoms with Crippen LogP contribution in [0.25, 0.3) is 86.2 Å². The maximum atomic E-state index is 7.22. The second-order valence-corrected chi connectivity index (χ2v) is 20.2. The molecule has 0 radical (unpaired) electrons. The standard InChI is InChI=1S/C69H43NOS/c1-2-12-44(13-3-1)45-22-32-52(33-23-45)70(54-36-26-47(27-37-54)51-29-39-60-59-19-9-11-21-65(59)72-66(60)43-51)53-34-24-46(25-35-53)50-28-38-58-57-18-8-10-20-61(57)69(64(58)42-50)62-40-30-48-14-4-6-16-55(48)67(62)71-68-56-17-7-5-15-49(56)31-41-63(68)69/h1-43H. The molecule has 0 bridgehead atoms. The smallest absolute Gasteiger partial charge is 0.140 e. The van der Waals surface area contributed by atoms with Gasteiger partial charge >= 0.3 is 0 Å². The molecule has 0 N–H and O–H groups in total. The fourth-order valence-corrected chi connectivity index (χ4v) is 13.1. The van der Waals surface area contributed by atoms with Crippen molar-refractivity contribution in [1.82, 2.24) is 0 Å². The summed E-state index contributed by atoms with van der Waals surface area (Å²) in [7, 11) is 0. The number of nitrogens with zero attached hydrogens (tertiary/aromatic N) is 1. The Morgan fingerprint density at radius 3 is 1.39 bits per heavy atom. The molecule has 2 heterocycles. The number of hydrogen-bond acceptors (Lipinski definition) is 3. The van der Waals surface area contributed by atoms with Crippen LogP contribution in [0.2, 0.25) is 0 Å². The zero-order valence-corrected chi connectivity index (χ0v) is 39.9. The van der Waals surface area contributed by atoms with E-state index in [2.05, 4.69) is 266 Å². The van der Waals surface area contributed by atoms with E-state index in [1.165, 1.54) is 81.4 Å². The Morgan fingerprint density at radius 2 is 0.750 bits per heavy atom. The summed E-state index contributed by atoms with van der Waals surface area (Å²) in [5.41, 5.74) is 17.2. The summed E-state index contributed by atoms with van der Waals surface area (Å²) >= 11 is 1.86. The number of thiophene rings is 1. The topological polar surface area (TPSA) is 12.5 Å². The minimum atomic E-state index is -0.614. The summed E-state index contributed by atoms with van der Waals surface area (Å²) in [6.45, 7) is 0. The molecule has 2 nitrogen and oxygen atoms in total. The van der Waals surface area contributed by atoms with Crippen LogP contribution in [0.3, 0.4) is 0 Å². The Morgan fingerprint density at radius 1 is 0.292 bits per heavy atom. The molecule has 336 valence electrons. The van der Waals surface area contributed by atoms with E-state index in [-0.39, 0.29) is 0 Å². The maximum absolute atomic E-state index is 7.22. The van der Waals surface area contributed by atoms with Crippen LogP contribution in [-0.2, 0) is 5.41 Å². The van der Waals surface area contributed by atoms with Crippen molar-refractivity contribution in [3.8, 4) is 56.0 Å². The van der Waals surface area contributed by atoms with Crippen LogP contribution in [0.4, 0.5) is 17.1 Å². The first-order valence-electron chi connectivity index (χ1n) is 24.7. The lowest BCUT2D eigenvalue weighted by Gasteiger charge is -2.40. The van der Waals surface area contributed by atoms with Crippen LogP contribution in [0, 0.1) is 0 Å². The van der Waals surface area contributed by atoms with Gasteiger partial charge in [0.2, 0.25) is 0 Å². The molecule has 0 saturated heterocycles. The monoisotopic (exact) mass is 933 g/mol. The zero-order chi connectivity index (χ0) is 47.3. The van der Waals surface area contributed by atoms with E-state index in [0.29, 0.717) is 0 Å². The summed E-state index contributed by atoms with van der Waals surface area (Å²) in [5.74, 6) is 1.85. The molecule has 0 unspecified atom stereocenters. The van der Waals surface area contributed by atoms with Gasteiger partial charge in [0.15, 0.2) is 0 Å². The number of hydrogen-bond donors (Lipinski definition) is 0. The maximum Gasteiger partial charge on any atom is 0.140 e. The summed E-state index contributed by atoms with van der Waals surface area (Å²) in [6, 6.07) is 95.9. The van der Waals surface area contributed by atoms with Crippen molar-refractivity contribution in [1.29, 1.82) is 0 Å². The van der Waals surface area contributed by atoms with Gasteiger partial charge in [-0.15, -0.1) is 11.3 Å². The highest BCUT2D eigenvalue weighted by Gasteiger charge is 2.52. The van der Waals surface area contributed by atoms with Gasteiger partial charge < -0.3 is 9.64 Å². The van der Waals surface area contributed by atoms with Gasteiger partial charge in [0.05, 0.1) is 5.41 Å². The first-order chi connectivity index (χ1) is 35.7. The Labute approximate surface area is 421 Å². The van der Waals surface area contributed by atoms with Gasteiger partial charge in [-0.3, -0.25) is 0 Å². The van der Waals surface area contributed by atoms with Gasteiger partial charge in [0.25, 0.3) is 0 Å². The number of ether oxygens (including phenoxy) is 1. The minimum absolute atomic E-state index is 0.614. The van der Waals surface area contributed by atoms with E-state index in [4.69, 9.17) is 4.74 Å². The molecule has 1 aliphatic heterocycles. The predicted octanol–water partition coefficient (Wildman–Crippen LogP) is 19.3. The van der Waals surface area contributed by atoms with E-state index >= 15 is 0 Å². The first kappa shape index (κ1) is 40.8. The van der Waals surface area contributed by atoms with Crippen molar-refractivity contribution in [3.63, 3.8) is 0 Å².